The molecule has 1 N–H and O–H groups in total. The van der Waals surface area contributed by atoms with E-state index < -0.39 is 0 Å². The molecule has 2 rings (SSSR count). The second-order valence-corrected chi connectivity index (χ2v) is 6.43. The third kappa shape index (κ3) is 3.31. The van der Waals surface area contributed by atoms with Crippen LogP contribution < -0.4 is 5.32 Å². The van der Waals surface area contributed by atoms with Crippen molar-refractivity contribution < 1.29 is 4.74 Å². The average molecular weight is 268 g/mol. The van der Waals surface area contributed by atoms with Gasteiger partial charge in [-0.15, -0.1) is 11.3 Å². The standard InChI is InChI=1S/C14H24N2OS/c1-5-13-8-12(6-7-17-13)16-10(3)14-9(2)15-11(4)18-14/h10,12-13,16H,5-8H2,1-4H3. The first-order chi connectivity index (χ1) is 8.60. The zero-order chi connectivity index (χ0) is 13.1. The molecule has 1 aliphatic heterocycles. The van der Waals surface area contributed by atoms with Gasteiger partial charge in [-0.05, 0) is 40.0 Å². The van der Waals surface area contributed by atoms with Crippen LogP contribution in [0.2, 0.25) is 0 Å². The fourth-order valence-electron chi connectivity index (χ4n) is 2.69. The first kappa shape index (κ1) is 14.0. The number of ether oxygens (including phenoxy) is 1. The lowest BCUT2D eigenvalue weighted by molar-refractivity contribution is -0.00160. The van der Waals surface area contributed by atoms with Crippen LogP contribution >= 0.6 is 11.3 Å². The molecule has 1 aromatic heterocycles. The summed E-state index contributed by atoms with van der Waals surface area (Å²) >= 11 is 1.81. The van der Waals surface area contributed by atoms with Crippen LogP contribution in [0.1, 0.15) is 54.7 Å². The highest BCUT2D eigenvalue weighted by atomic mass is 32.1. The van der Waals surface area contributed by atoms with Gasteiger partial charge in [-0.3, -0.25) is 0 Å². The zero-order valence-electron chi connectivity index (χ0n) is 11.8. The molecule has 0 amide bonds. The molecule has 0 radical (unpaired) electrons. The van der Waals surface area contributed by atoms with Crippen LogP contribution in [-0.2, 0) is 4.74 Å². The molecule has 1 aliphatic rings. The monoisotopic (exact) mass is 268 g/mol. The second kappa shape index (κ2) is 6.13. The Labute approximate surface area is 114 Å². The fourth-order valence-corrected chi connectivity index (χ4v) is 3.63. The van der Waals surface area contributed by atoms with Gasteiger partial charge in [0.05, 0.1) is 16.8 Å². The molecular weight excluding hydrogens is 244 g/mol. The molecule has 0 aliphatic carbocycles. The largest absolute Gasteiger partial charge is 0.378 e. The summed E-state index contributed by atoms with van der Waals surface area (Å²) in [5.74, 6) is 0. The van der Waals surface area contributed by atoms with Crippen LogP contribution in [0.15, 0.2) is 0 Å². The normalized spacial score (nSPS) is 26.2. The van der Waals surface area contributed by atoms with E-state index in [1.165, 1.54) is 10.6 Å². The first-order valence-electron chi connectivity index (χ1n) is 6.91. The lowest BCUT2D eigenvalue weighted by Gasteiger charge is -2.31. The summed E-state index contributed by atoms with van der Waals surface area (Å²) < 4.78 is 5.72. The molecule has 0 aromatic carbocycles. The van der Waals surface area contributed by atoms with Crippen molar-refractivity contribution in [3.05, 3.63) is 15.6 Å². The smallest absolute Gasteiger partial charge is 0.0900 e. The number of hydrogen-bond donors (Lipinski definition) is 1. The van der Waals surface area contributed by atoms with Gasteiger partial charge in [0, 0.05) is 23.6 Å². The van der Waals surface area contributed by atoms with E-state index in [0.29, 0.717) is 18.2 Å². The molecule has 1 fully saturated rings. The molecular formula is C14H24N2OS. The highest BCUT2D eigenvalue weighted by Crippen LogP contribution is 2.26. The van der Waals surface area contributed by atoms with Crippen LogP contribution in [0.4, 0.5) is 0 Å². The summed E-state index contributed by atoms with van der Waals surface area (Å²) in [6.45, 7) is 9.53. The predicted octanol–water partition coefficient (Wildman–Crippen LogP) is 3.37. The molecule has 3 nitrogen and oxygen atoms in total. The van der Waals surface area contributed by atoms with Crippen LogP contribution in [0.3, 0.4) is 0 Å². The molecule has 0 spiro atoms. The van der Waals surface area contributed by atoms with Crippen molar-refractivity contribution in [2.75, 3.05) is 6.61 Å². The van der Waals surface area contributed by atoms with Gasteiger partial charge in [0.1, 0.15) is 0 Å². The lowest BCUT2D eigenvalue weighted by atomic mass is 10.0. The Morgan fingerprint density at radius 3 is 2.89 bits per heavy atom. The third-order valence-electron chi connectivity index (χ3n) is 3.64. The van der Waals surface area contributed by atoms with Gasteiger partial charge in [0.15, 0.2) is 0 Å². The van der Waals surface area contributed by atoms with Crippen molar-refractivity contribution in [1.29, 1.82) is 0 Å². The van der Waals surface area contributed by atoms with Crippen molar-refractivity contribution in [3.8, 4) is 0 Å². The van der Waals surface area contributed by atoms with Gasteiger partial charge in [-0.2, -0.15) is 0 Å². The second-order valence-electron chi connectivity index (χ2n) is 5.19. The number of thiazole rings is 1. The SMILES string of the molecule is CCC1CC(NC(C)c2sc(C)nc2C)CCO1. The molecule has 0 bridgehead atoms. The van der Waals surface area contributed by atoms with Gasteiger partial charge in [-0.25, -0.2) is 4.98 Å². The summed E-state index contributed by atoms with van der Waals surface area (Å²) in [7, 11) is 0. The Bertz CT molecular complexity index is 391. The maximum absolute atomic E-state index is 5.72. The molecule has 1 aromatic rings. The van der Waals surface area contributed by atoms with E-state index >= 15 is 0 Å². The Morgan fingerprint density at radius 1 is 1.50 bits per heavy atom. The van der Waals surface area contributed by atoms with E-state index in [-0.39, 0.29) is 0 Å². The number of aryl methyl sites for hydroxylation is 2. The molecule has 3 atom stereocenters. The van der Waals surface area contributed by atoms with Gasteiger partial charge in [-0.1, -0.05) is 6.92 Å². The predicted molar refractivity (Wildman–Crippen MR) is 76.2 cm³/mol. The highest BCUT2D eigenvalue weighted by molar-refractivity contribution is 7.11. The zero-order valence-corrected chi connectivity index (χ0v) is 12.6. The maximum Gasteiger partial charge on any atom is 0.0900 e. The fraction of sp³-hybridized carbons (Fsp3) is 0.786. The Balaban J connectivity index is 1.94. The quantitative estimate of drug-likeness (QED) is 0.909. The summed E-state index contributed by atoms with van der Waals surface area (Å²) in [5.41, 5.74) is 1.18. The van der Waals surface area contributed by atoms with Crippen LogP contribution in [0.5, 0.6) is 0 Å². The van der Waals surface area contributed by atoms with E-state index in [1.807, 2.05) is 11.3 Å². The van der Waals surface area contributed by atoms with E-state index in [9.17, 15) is 0 Å². The number of rotatable bonds is 4. The minimum absolute atomic E-state index is 0.400. The Kier molecular flexibility index (Phi) is 4.76. The van der Waals surface area contributed by atoms with E-state index in [0.717, 1.165) is 30.9 Å². The van der Waals surface area contributed by atoms with Gasteiger partial charge in [0.2, 0.25) is 0 Å². The van der Waals surface area contributed by atoms with Gasteiger partial charge >= 0.3 is 0 Å². The molecule has 18 heavy (non-hydrogen) atoms. The molecule has 102 valence electrons. The van der Waals surface area contributed by atoms with Crippen molar-refractivity contribution >= 4 is 11.3 Å². The van der Waals surface area contributed by atoms with E-state index in [4.69, 9.17) is 4.74 Å². The summed E-state index contributed by atoms with van der Waals surface area (Å²) in [6.07, 6.45) is 3.81. The number of hydrogen-bond acceptors (Lipinski definition) is 4. The van der Waals surface area contributed by atoms with E-state index in [1.54, 1.807) is 0 Å². The van der Waals surface area contributed by atoms with Crippen LogP contribution in [-0.4, -0.2) is 23.7 Å². The molecule has 4 heteroatoms. The minimum atomic E-state index is 0.400. The first-order valence-corrected chi connectivity index (χ1v) is 7.73. The summed E-state index contributed by atoms with van der Waals surface area (Å²) in [6, 6.07) is 0.984. The Hall–Kier alpha value is -0.450. The van der Waals surface area contributed by atoms with Crippen molar-refractivity contribution in [3.63, 3.8) is 0 Å². The highest BCUT2D eigenvalue weighted by Gasteiger charge is 2.23. The third-order valence-corrected chi connectivity index (χ3v) is 4.90. The van der Waals surface area contributed by atoms with Crippen molar-refractivity contribution in [2.24, 2.45) is 0 Å². The van der Waals surface area contributed by atoms with Gasteiger partial charge in [0.25, 0.3) is 0 Å². The molecule has 1 saturated heterocycles. The average Bonchev–Trinajstić information content (AvgIpc) is 2.69. The molecule has 0 saturated carbocycles. The van der Waals surface area contributed by atoms with Crippen LogP contribution in [0, 0.1) is 13.8 Å². The topological polar surface area (TPSA) is 34.2 Å². The minimum Gasteiger partial charge on any atom is -0.378 e. The van der Waals surface area contributed by atoms with Crippen molar-refractivity contribution in [2.45, 2.75) is 65.1 Å². The lowest BCUT2D eigenvalue weighted by Crippen LogP contribution is -2.39. The number of aromatic nitrogens is 1. The maximum atomic E-state index is 5.72. The summed E-state index contributed by atoms with van der Waals surface area (Å²) in [4.78, 5) is 5.89. The number of nitrogens with one attached hydrogen (secondary N) is 1. The molecule has 3 unspecified atom stereocenters. The van der Waals surface area contributed by atoms with Crippen LogP contribution in [0.25, 0.3) is 0 Å². The Morgan fingerprint density at radius 2 is 2.28 bits per heavy atom. The number of nitrogens with zero attached hydrogens (tertiary/aromatic N) is 1. The van der Waals surface area contributed by atoms with Gasteiger partial charge < -0.3 is 10.1 Å². The molecule has 2 heterocycles. The van der Waals surface area contributed by atoms with Crippen molar-refractivity contribution in [1.82, 2.24) is 10.3 Å². The van der Waals surface area contributed by atoms with E-state index in [2.05, 4.69) is 38.0 Å². The summed E-state index contributed by atoms with van der Waals surface area (Å²) in [5, 5.41) is 4.91.